The highest BCUT2D eigenvalue weighted by Crippen LogP contribution is 2.40. The van der Waals surface area contributed by atoms with E-state index in [-0.39, 0.29) is 22.4 Å². The summed E-state index contributed by atoms with van der Waals surface area (Å²) >= 11 is 16.4. The molecule has 184 valence electrons. The van der Waals surface area contributed by atoms with Crippen LogP contribution in [-0.2, 0) is 11.3 Å². The van der Waals surface area contributed by atoms with Gasteiger partial charge in [-0.05, 0) is 94.3 Å². The average molecular weight is 607 g/mol. The van der Waals surface area contributed by atoms with Gasteiger partial charge in [-0.3, -0.25) is 14.5 Å². The van der Waals surface area contributed by atoms with E-state index < -0.39 is 11.9 Å². The molecule has 0 spiro atoms. The Labute approximate surface area is 230 Å². The zero-order valence-corrected chi connectivity index (χ0v) is 22.7. The molecule has 3 aromatic rings. The van der Waals surface area contributed by atoms with Gasteiger partial charge in [0, 0.05) is 10.0 Å². The molecule has 36 heavy (non-hydrogen) atoms. The van der Waals surface area contributed by atoms with Crippen LogP contribution >= 0.6 is 50.9 Å². The van der Waals surface area contributed by atoms with E-state index in [1.165, 1.54) is 0 Å². The molecule has 1 aliphatic rings. The number of hydrogen-bond donors (Lipinski definition) is 0. The van der Waals surface area contributed by atoms with Crippen LogP contribution < -0.4 is 9.47 Å². The molecule has 1 fully saturated rings. The summed E-state index contributed by atoms with van der Waals surface area (Å²) in [5.74, 6) is -0.504. The molecule has 0 saturated carbocycles. The molecule has 0 unspecified atom stereocenters. The summed E-state index contributed by atoms with van der Waals surface area (Å²) in [6.45, 7) is 2.19. The Kier molecular flexibility index (Phi) is 8.41. The first-order chi connectivity index (χ1) is 17.3. The van der Waals surface area contributed by atoms with Gasteiger partial charge < -0.3 is 9.47 Å². The Balaban J connectivity index is 1.59. The van der Waals surface area contributed by atoms with Crippen LogP contribution in [0.1, 0.15) is 28.4 Å². The van der Waals surface area contributed by atoms with Gasteiger partial charge in [0.25, 0.3) is 11.1 Å². The molecular weight excluding hydrogens is 589 g/mol. The van der Waals surface area contributed by atoms with E-state index >= 15 is 0 Å². The van der Waals surface area contributed by atoms with Crippen LogP contribution in [0, 0.1) is 0 Å². The number of esters is 1. The quantitative estimate of drug-likeness (QED) is 0.157. The van der Waals surface area contributed by atoms with Gasteiger partial charge in [0.05, 0.1) is 28.1 Å². The second-order valence-electron chi connectivity index (χ2n) is 7.52. The van der Waals surface area contributed by atoms with Crippen molar-refractivity contribution in [1.29, 1.82) is 0 Å². The summed E-state index contributed by atoms with van der Waals surface area (Å²) < 4.78 is 11.7. The summed E-state index contributed by atoms with van der Waals surface area (Å²) in [4.78, 5) is 39.6. The van der Waals surface area contributed by atoms with E-state index in [0.29, 0.717) is 43.6 Å². The van der Waals surface area contributed by atoms with Gasteiger partial charge in [-0.15, -0.1) is 0 Å². The Morgan fingerprint density at radius 2 is 1.81 bits per heavy atom. The fourth-order valence-electron chi connectivity index (χ4n) is 3.36. The lowest BCUT2D eigenvalue weighted by Crippen LogP contribution is -2.27. The van der Waals surface area contributed by atoms with Gasteiger partial charge >= 0.3 is 5.97 Å². The lowest BCUT2D eigenvalue weighted by Gasteiger charge is -2.14. The van der Waals surface area contributed by atoms with Crippen molar-refractivity contribution in [3.05, 3.63) is 96.8 Å². The smallest absolute Gasteiger partial charge is 0.343 e. The van der Waals surface area contributed by atoms with Gasteiger partial charge in [0.1, 0.15) is 0 Å². The van der Waals surface area contributed by atoms with Crippen molar-refractivity contribution in [2.24, 2.45) is 0 Å². The maximum absolute atomic E-state index is 13.0. The molecular formula is C26H18BrCl2NO5S. The highest BCUT2D eigenvalue weighted by molar-refractivity contribution is 9.10. The number of halogens is 3. The fourth-order valence-corrected chi connectivity index (χ4v) is 5.06. The van der Waals surface area contributed by atoms with Crippen LogP contribution in [0.3, 0.4) is 0 Å². The molecule has 1 saturated heterocycles. The van der Waals surface area contributed by atoms with E-state index in [1.807, 2.05) is 0 Å². The molecule has 6 nitrogen and oxygen atoms in total. The maximum Gasteiger partial charge on any atom is 0.343 e. The number of carbonyl (C=O) groups is 3. The molecule has 0 radical (unpaired) electrons. The van der Waals surface area contributed by atoms with Crippen LogP contribution in [0.4, 0.5) is 4.79 Å². The van der Waals surface area contributed by atoms with Gasteiger partial charge in [0.2, 0.25) is 0 Å². The van der Waals surface area contributed by atoms with Crippen molar-refractivity contribution >= 4 is 74.1 Å². The molecule has 4 rings (SSSR count). The minimum atomic E-state index is -0.582. The van der Waals surface area contributed by atoms with Crippen LogP contribution in [0.15, 0.2) is 70.0 Å². The SMILES string of the molecule is CCOc1cc(/C=C2\SC(=O)N(Cc3ccccc3Cl)C2=O)cc(Br)c1OC(=O)c1ccc(Cl)cc1. The lowest BCUT2D eigenvalue weighted by molar-refractivity contribution is -0.123. The van der Waals surface area contributed by atoms with Gasteiger partial charge in [-0.1, -0.05) is 41.4 Å². The molecule has 0 N–H and O–H groups in total. The molecule has 10 heteroatoms. The number of nitrogens with zero attached hydrogens (tertiary/aromatic N) is 1. The molecule has 1 aliphatic heterocycles. The van der Waals surface area contributed by atoms with Crippen LogP contribution in [0.5, 0.6) is 11.5 Å². The third-order valence-electron chi connectivity index (χ3n) is 5.06. The largest absolute Gasteiger partial charge is 0.490 e. The van der Waals surface area contributed by atoms with Crippen molar-refractivity contribution in [3.8, 4) is 11.5 Å². The maximum atomic E-state index is 13.0. The minimum Gasteiger partial charge on any atom is -0.490 e. The lowest BCUT2D eigenvalue weighted by atomic mass is 10.1. The van der Waals surface area contributed by atoms with Crippen LogP contribution in [0.2, 0.25) is 10.0 Å². The topological polar surface area (TPSA) is 72.9 Å². The third-order valence-corrected chi connectivity index (χ3v) is 7.18. The monoisotopic (exact) mass is 605 g/mol. The van der Waals surface area contributed by atoms with Gasteiger partial charge in [-0.25, -0.2) is 4.79 Å². The van der Waals surface area contributed by atoms with E-state index in [0.717, 1.165) is 16.7 Å². The molecule has 2 amide bonds. The number of hydrogen-bond acceptors (Lipinski definition) is 6. The van der Waals surface area contributed by atoms with Gasteiger partial charge in [0.15, 0.2) is 11.5 Å². The second kappa shape index (κ2) is 11.5. The molecule has 0 aliphatic carbocycles. The second-order valence-corrected chi connectivity index (χ2v) is 10.2. The standard InChI is InChI=1S/C26H18BrCl2NO5S/c1-2-34-21-12-15(11-19(27)23(21)35-25(32)16-7-9-18(28)10-8-16)13-22-24(31)30(26(33)36-22)14-17-5-3-4-6-20(17)29/h3-13H,2,14H2,1H3/b22-13-. The molecule has 0 bridgehead atoms. The van der Waals surface area contributed by atoms with E-state index in [2.05, 4.69) is 15.9 Å². The Morgan fingerprint density at radius 3 is 2.50 bits per heavy atom. The number of imide groups is 1. The first-order valence-corrected chi connectivity index (χ1v) is 13.1. The number of benzene rings is 3. The van der Waals surface area contributed by atoms with Crippen molar-refractivity contribution in [3.63, 3.8) is 0 Å². The van der Waals surface area contributed by atoms with E-state index in [1.54, 1.807) is 73.7 Å². The predicted octanol–water partition coefficient (Wildman–Crippen LogP) is 7.61. The highest BCUT2D eigenvalue weighted by atomic mass is 79.9. The number of rotatable bonds is 7. The van der Waals surface area contributed by atoms with E-state index in [9.17, 15) is 14.4 Å². The number of thioether (sulfide) groups is 1. The third kappa shape index (κ3) is 5.95. The summed E-state index contributed by atoms with van der Waals surface area (Å²) in [5, 5.41) is 0.599. The molecule has 0 aromatic heterocycles. The number of amides is 2. The summed E-state index contributed by atoms with van der Waals surface area (Å²) in [5.41, 5.74) is 1.58. The number of carbonyl (C=O) groups excluding carboxylic acids is 3. The van der Waals surface area contributed by atoms with E-state index in [4.69, 9.17) is 32.7 Å². The normalized spacial score (nSPS) is 14.4. The first-order valence-electron chi connectivity index (χ1n) is 10.7. The van der Waals surface area contributed by atoms with Crippen molar-refractivity contribution in [1.82, 2.24) is 4.90 Å². The van der Waals surface area contributed by atoms with Gasteiger partial charge in [-0.2, -0.15) is 0 Å². The number of ether oxygens (including phenoxy) is 2. The highest BCUT2D eigenvalue weighted by Gasteiger charge is 2.35. The summed E-state index contributed by atoms with van der Waals surface area (Å²) in [7, 11) is 0. The predicted molar refractivity (Wildman–Crippen MR) is 145 cm³/mol. The Bertz CT molecular complexity index is 1380. The Morgan fingerprint density at radius 1 is 1.08 bits per heavy atom. The van der Waals surface area contributed by atoms with Crippen LogP contribution in [-0.4, -0.2) is 28.6 Å². The Hall–Kier alpha value is -2.78. The molecule has 3 aromatic carbocycles. The van der Waals surface area contributed by atoms with Crippen molar-refractivity contribution < 1.29 is 23.9 Å². The van der Waals surface area contributed by atoms with Crippen LogP contribution in [0.25, 0.3) is 6.08 Å². The zero-order valence-electron chi connectivity index (χ0n) is 18.8. The summed E-state index contributed by atoms with van der Waals surface area (Å²) in [6, 6.07) is 16.7. The minimum absolute atomic E-state index is 0.0785. The first kappa shape index (κ1) is 26.3. The molecule has 0 atom stereocenters. The fraction of sp³-hybridized carbons (Fsp3) is 0.115. The molecule has 1 heterocycles. The van der Waals surface area contributed by atoms with Crippen molar-refractivity contribution in [2.45, 2.75) is 13.5 Å². The average Bonchev–Trinajstić information content (AvgIpc) is 3.10. The summed E-state index contributed by atoms with van der Waals surface area (Å²) in [6.07, 6.45) is 1.59. The van der Waals surface area contributed by atoms with Crippen molar-refractivity contribution in [2.75, 3.05) is 6.61 Å². The zero-order chi connectivity index (χ0) is 25.8.